The fourth-order valence-electron chi connectivity index (χ4n) is 4.03. The van der Waals surface area contributed by atoms with E-state index in [0.717, 1.165) is 18.9 Å². The number of pyridine rings is 2. The minimum absolute atomic E-state index is 0.0122. The molecule has 1 aliphatic carbocycles. The van der Waals surface area contributed by atoms with Gasteiger partial charge in [0, 0.05) is 6.04 Å². The highest BCUT2D eigenvalue weighted by Gasteiger charge is 2.37. The van der Waals surface area contributed by atoms with Crippen LogP contribution in [0.1, 0.15) is 50.9 Å². The van der Waals surface area contributed by atoms with Gasteiger partial charge in [0.05, 0.1) is 43.0 Å². The Morgan fingerprint density at radius 1 is 1.23 bits per heavy atom. The Morgan fingerprint density at radius 2 is 1.97 bits per heavy atom. The molecule has 2 amide bonds. The first-order chi connectivity index (χ1) is 18.4. The van der Waals surface area contributed by atoms with Crippen LogP contribution in [0.4, 0.5) is 26.5 Å². The number of nitrogens with two attached hydrogens (primary N) is 1. The first-order valence-electron chi connectivity index (χ1n) is 12.4. The molecule has 208 valence electrons. The molecule has 3 heterocycles. The number of anilines is 3. The molecule has 13 nitrogen and oxygen atoms in total. The van der Waals surface area contributed by atoms with Crippen LogP contribution < -0.4 is 26.4 Å². The lowest BCUT2D eigenvalue weighted by atomic mass is 10.1. The molecule has 0 aliphatic heterocycles. The van der Waals surface area contributed by atoms with Crippen molar-refractivity contribution in [3.05, 3.63) is 42.1 Å². The van der Waals surface area contributed by atoms with E-state index >= 15 is 4.39 Å². The van der Waals surface area contributed by atoms with E-state index in [1.54, 1.807) is 33.0 Å². The number of carbonyl (C=O) groups excluding carboxylic acids is 2. The quantitative estimate of drug-likeness (QED) is 0.299. The summed E-state index contributed by atoms with van der Waals surface area (Å²) >= 11 is 0. The summed E-state index contributed by atoms with van der Waals surface area (Å²) in [6.45, 7) is 7.15. The molecule has 1 fully saturated rings. The van der Waals surface area contributed by atoms with Crippen molar-refractivity contribution in [3.8, 4) is 11.6 Å². The Bertz CT molecular complexity index is 1340. The van der Waals surface area contributed by atoms with E-state index < -0.39 is 29.5 Å². The minimum atomic E-state index is -0.871. The maximum atomic E-state index is 15.1. The Labute approximate surface area is 224 Å². The molecule has 2 atom stereocenters. The molecule has 14 heteroatoms. The summed E-state index contributed by atoms with van der Waals surface area (Å²) in [5.41, 5.74) is 5.58. The summed E-state index contributed by atoms with van der Waals surface area (Å²) in [6, 6.07) is 1.92. The van der Waals surface area contributed by atoms with E-state index in [-0.39, 0.29) is 35.0 Å². The van der Waals surface area contributed by atoms with Gasteiger partial charge in [0.1, 0.15) is 17.1 Å². The molecule has 0 spiro atoms. The monoisotopic (exact) mass is 541 g/mol. The van der Waals surface area contributed by atoms with Crippen LogP contribution in [0.25, 0.3) is 5.69 Å². The van der Waals surface area contributed by atoms with Crippen LogP contribution in [0.3, 0.4) is 0 Å². The maximum Gasteiger partial charge on any atom is 0.407 e. The van der Waals surface area contributed by atoms with Crippen LogP contribution in [0, 0.1) is 11.7 Å². The number of alkyl carbamates (subject to hydrolysis) is 1. The van der Waals surface area contributed by atoms with Crippen LogP contribution >= 0.6 is 0 Å². The third-order valence-corrected chi connectivity index (χ3v) is 5.92. The smallest absolute Gasteiger partial charge is 0.407 e. The van der Waals surface area contributed by atoms with Crippen LogP contribution in [-0.4, -0.2) is 61.8 Å². The fraction of sp³-hybridized carbons (Fsp3) is 0.440. The second kappa shape index (κ2) is 11.1. The molecular weight excluding hydrogens is 509 g/mol. The number of primary amides is 1. The zero-order valence-corrected chi connectivity index (χ0v) is 22.4. The van der Waals surface area contributed by atoms with Gasteiger partial charge in [-0.3, -0.25) is 4.79 Å². The van der Waals surface area contributed by atoms with Gasteiger partial charge in [-0.15, -0.1) is 5.10 Å². The zero-order chi connectivity index (χ0) is 28.3. The molecular formula is C25H32FN9O4. The number of carbonyl (C=O) groups is 2. The van der Waals surface area contributed by atoms with Crippen molar-refractivity contribution in [1.82, 2.24) is 30.3 Å². The number of methoxy groups -OCH3 is 1. The van der Waals surface area contributed by atoms with Crippen molar-refractivity contribution in [1.29, 1.82) is 0 Å². The number of hydrogen-bond donors (Lipinski definition) is 4. The lowest BCUT2D eigenvalue weighted by Gasteiger charge is -2.28. The second-order valence-electron chi connectivity index (χ2n) is 10.2. The highest BCUT2D eigenvalue weighted by atomic mass is 19.1. The highest BCUT2D eigenvalue weighted by molar-refractivity contribution is 5.98. The van der Waals surface area contributed by atoms with E-state index in [2.05, 4.69) is 36.2 Å². The van der Waals surface area contributed by atoms with E-state index in [1.807, 2.05) is 6.92 Å². The molecule has 3 aromatic rings. The Morgan fingerprint density at radius 3 is 2.56 bits per heavy atom. The summed E-state index contributed by atoms with van der Waals surface area (Å²) in [6.07, 6.45) is 5.86. The predicted octanol–water partition coefficient (Wildman–Crippen LogP) is 3.15. The highest BCUT2D eigenvalue weighted by Crippen LogP contribution is 2.35. The molecule has 0 radical (unpaired) electrons. The van der Waals surface area contributed by atoms with E-state index in [1.165, 1.54) is 24.2 Å². The molecule has 1 aliphatic rings. The van der Waals surface area contributed by atoms with Gasteiger partial charge in [-0.1, -0.05) is 5.21 Å². The van der Waals surface area contributed by atoms with Gasteiger partial charge in [0.2, 0.25) is 5.88 Å². The topological polar surface area (TPSA) is 171 Å². The summed E-state index contributed by atoms with van der Waals surface area (Å²) in [4.78, 5) is 33.1. The molecule has 5 N–H and O–H groups in total. The lowest BCUT2D eigenvalue weighted by Crippen LogP contribution is -2.48. The first kappa shape index (κ1) is 27.5. The van der Waals surface area contributed by atoms with Crippen molar-refractivity contribution < 1.29 is 23.5 Å². The summed E-state index contributed by atoms with van der Waals surface area (Å²) in [5, 5.41) is 16.7. The zero-order valence-electron chi connectivity index (χ0n) is 22.4. The molecule has 3 aromatic heterocycles. The Balaban J connectivity index is 1.60. The average Bonchev–Trinajstić information content (AvgIpc) is 3.55. The predicted molar refractivity (Wildman–Crippen MR) is 141 cm³/mol. The van der Waals surface area contributed by atoms with Gasteiger partial charge in [-0.2, -0.15) is 0 Å². The largest absolute Gasteiger partial charge is 0.479 e. The minimum Gasteiger partial charge on any atom is -0.479 e. The van der Waals surface area contributed by atoms with Crippen LogP contribution in [-0.2, 0) is 4.74 Å². The first-order valence-corrected chi connectivity index (χ1v) is 12.4. The molecule has 0 aromatic carbocycles. The van der Waals surface area contributed by atoms with Crippen molar-refractivity contribution in [2.24, 2.45) is 11.7 Å². The fourth-order valence-corrected chi connectivity index (χ4v) is 4.03. The van der Waals surface area contributed by atoms with Crippen molar-refractivity contribution in [2.45, 2.75) is 58.2 Å². The average molecular weight is 542 g/mol. The normalized spacial score (nSPS) is 14.7. The van der Waals surface area contributed by atoms with E-state index in [0.29, 0.717) is 11.4 Å². The van der Waals surface area contributed by atoms with E-state index in [4.69, 9.17) is 15.2 Å². The van der Waals surface area contributed by atoms with Crippen molar-refractivity contribution in [2.75, 3.05) is 17.7 Å². The SMILES string of the molecule is COc1ncc(Nc2nc(N[C@H](C)[C@@H](NC(=O)OC(C)(C)C)C3CC3)c(F)cc2C(N)=O)cc1-n1ccnn1. The van der Waals surface area contributed by atoms with Crippen molar-refractivity contribution >= 4 is 29.3 Å². The number of amides is 2. The molecule has 4 rings (SSSR count). The Hall–Kier alpha value is -4.49. The van der Waals surface area contributed by atoms with Crippen LogP contribution in [0.15, 0.2) is 30.7 Å². The molecule has 39 heavy (non-hydrogen) atoms. The second-order valence-corrected chi connectivity index (χ2v) is 10.2. The third-order valence-electron chi connectivity index (χ3n) is 5.92. The summed E-state index contributed by atoms with van der Waals surface area (Å²) < 4.78 is 27.2. The molecule has 0 bridgehead atoms. The number of nitrogens with zero attached hydrogens (tertiary/aromatic N) is 5. The Kier molecular flexibility index (Phi) is 7.83. The number of hydrogen-bond acceptors (Lipinski definition) is 10. The summed E-state index contributed by atoms with van der Waals surface area (Å²) in [7, 11) is 1.47. The standard InChI is InChI=1S/C25H32FN9O4/c1-13(19(14-6-7-14)32-24(37)39-25(2,3)4)30-22-17(26)11-16(20(27)36)21(33-22)31-15-10-18(23(38-5)28-12-15)35-9-8-29-34-35/h8-14,19H,6-7H2,1-5H3,(H2,27,36)(H,32,37)(H2,30,31,33)/t13-,19-/m1/s1. The molecule has 1 saturated carbocycles. The number of aromatic nitrogens is 5. The van der Waals surface area contributed by atoms with Gasteiger partial charge < -0.3 is 31.2 Å². The summed E-state index contributed by atoms with van der Waals surface area (Å²) in [5.74, 6) is -1.25. The third kappa shape index (κ3) is 6.89. The van der Waals surface area contributed by atoms with Crippen LogP contribution in [0.2, 0.25) is 0 Å². The number of rotatable bonds is 10. The van der Waals surface area contributed by atoms with Crippen molar-refractivity contribution in [3.63, 3.8) is 0 Å². The van der Waals surface area contributed by atoms with E-state index in [9.17, 15) is 9.59 Å². The molecule has 0 unspecified atom stereocenters. The lowest BCUT2D eigenvalue weighted by molar-refractivity contribution is 0.0492. The molecule has 0 saturated heterocycles. The van der Waals surface area contributed by atoms with Gasteiger partial charge in [0.15, 0.2) is 11.6 Å². The number of halogens is 1. The van der Waals surface area contributed by atoms with Crippen LogP contribution in [0.5, 0.6) is 5.88 Å². The number of ether oxygens (including phenoxy) is 2. The van der Waals surface area contributed by atoms with Gasteiger partial charge >= 0.3 is 6.09 Å². The van der Waals surface area contributed by atoms with Gasteiger partial charge in [-0.25, -0.2) is 23.8 Å². The maximum absolute atomic E-state index is 15.1. The van der Waals surface area contributed by atoms with Gasteiger partial charge in [0.25, 0.3) is 5.91 Å². The number of nitrogens with one attached hydrogen (secondary N) is 3. The van der Waals surface area contributed by atoms with Gasteiger partial charge in [-0.05, 0) is 58.6 Å².